The molecule has 122 valence electrons. The Morgan fingerprint density at radius 3 is 2.91 bits per heavy atom. The van der Waals surface area contributed by atoms with Gasteiger partial charge in [-0.2, -0.15) is 0 Å². The van der Waals surface area contributed by atoms with Crippen molar-refractivity contribution in [3.63, 3.8) is 0 Å². The highest BCUT2D eigenvalue weighted by Crippen LogP contribution is 2.29. The Balaban J connectivity index is 1.86. The van der Waals surface area contributed by atoms with Crippen LogP contribution >= 0.6 is 23.1 Å². The normalized spacial score (nSPS) is 10.5. The number of primary amides is 1. The van der Waals surface area contributed by atoms with E-state index in [4.69, 9.17) is 10.5 Å². The molecule has 2 rings (SSSR count). The number of hydrogen-bond donors (Lipinski definition) is 1. The summed E-state index contributed by atoms with van der Waals surface area (Å²) in [6.07, 6.45) is 0.191. The van der Waals surface area contributed by atoms with Gasteiger partial charge in [0.1, 0.15) is 0 Å². The second-order valence-corrected chi connectivity index (χ2v) is 6.98. The molecule has 0 saturated heterocycles. The zero-order valence-electron chi connectivity index (χ0n) is 12.4. The summed E-state index contributed by atoms with van der Waals surface area (Å²) in [5, 5.41) is 10.9. The molecule has 0 radical (unpaired) electrons. The van der Waals surface area contributed by atoms with Crippen molar-refractivity contribution in [2.24, 2.45) is 5.73 Å². The van der Waals surface area contributed by atoms with E-state index in [0.717, 1.165) is 14.9 Å². The molecule has 0 atom stereocenters. The molecule has 0 unspecified atom stereocenters. The molecular weight excluding hydrogens is 338 g/mol. The molecule has 1 aromatic heterocycles. The number of ether oxygens (including phenoxy) is 1. The van der Waals surface area contributed by atoms with Crippen LogP contribution in [0.5, 0.6) is 5.75 Å². The minimum absolute atomic E-state index is 0.0497. The van der Waals surface area contributed by atoms with Crippen molar-refractivity contribution in [3.8, 4) is 5.75 Å². The molecule has 0 aliphatic rings. The maximum atomic E-state index is 11.0. The van der Waals surface area contributed by atoms with Gasteiger partial charge in [-0.05, 0) is 13.0 Å². The number of aryl methyl sites for hydroxylation is 1. The fourth-order valence-corrected chi connectivity index (χ4v) is 3.93. The lowest BCUT2D eigenvalue weighted by Gasteiger charge is -2.05. The van der Waals surface area contributed by atoms with Gasteiger partial charge in [0.15, 0.2) is 10.1 Å². The van der Waals surface area contributed by atoms with Crippen LogP contribution in [0, 0.1) is 17.0 Å². The summed E-state index contributed by atoms with van der Waals surface area (Å²) >= 11 is 2.91. The first-order valence-electron chi connectivity index (χ1n) is 6.71. The predicted octanol–water partition coefficient (Wildman–Crippen LogP) is 2.56. The first-order chi connectivity index (χ1) is 11.0. The third-order valence-electron chi connectivity index (χ3n) is 2.84. The highest BCUT2D eigenvalue weighted by Gasteiger charge is 2.14. The zero-order chi connectivity index (χ0) is 16.8. The maximum absolute atomic E-state index is 11.0. The van der Waals surface area contributed by atoms with E-state index < -0.39 is 4.92 Å². The van der Waals surface area contributed by atoms with Gasteiger partial charge in [0.05, 0.1) is 23.6 Å². The van der Waals surface area contributed by atoms with Crippen molar-refractivity contribution in [1.29, 1.82) is 0 Å². The molecule has 1 amide bonds. The van der Waals surface area contributed by atoms with Crippen LogP contribution in [0.15, 0.2) is 28.6 Å². The van der Waals surface area contributed by atoms with Crippen molar-refractivity contribution < 1.29 is 14.5 Å². The number of carbonyl (C=O) groups is 1. The van der Waals surface area contributed by atoms with Gasteiger partial charge >= 0.3 is 5.69 Å². The van der Waals surface area contributed by atoms with Crippen molar-refractivity contribution >= 4 is 34.7 Å². The number of nitrogens with two attached hydrogens (primary N) is 1. The van der Waals surface area contributed by atoms with Gasteiger partial charge in [0.25, 0.3) is 0 Å². The second kappa shape index (κ2) is 7.93. The average Bonchev–Trinajstić information content (AvgIpc) is 2.83. The first kappa shape index (κ1) is 17.2. The molecular formula is C14H15N3O4S2. The van der Waals surface area contributed by atoms with E-state index >= 15 is 0 Å². The minimum atomic E-state index is -0.469. The van der Waals surface area contributed by atoms with Crippen molar-refractivity contribution in [1.82, 2.24) is 4.98 Å². The SMILES string of the molecule is Cc1nc(SCCOc2ccccc2[N+](=O)[O-])sc1CC(N)=O. The van der Waals surface area contributed by atoms with Crippen LogP contribution in [-0.4, -0.2) is 28.2 Å². The van der Waals surface area contributed by atoms with Gasteiger partial charge in [-0.15, -0.1) is 11.3 Å². The summed E-state index contributed by atoms with van der Waals surface area (Å²) in [5.41, 5.74) is 5.94. The average molecular weight is 353 g/mol. The molecule has 23 heavy (non-hydrogen) atoms. The van der Waals surface area contributed by atoms with E-state index in [2.05, 4.69) is 4.98 Å². The number of rotatable bonds is 8. The van der Waals surface area contributed by atoms with Crippen molar-refractivity contribution in [3.05, 3.63) is 45.0 Å². The summed E-state index contributed by atoms with van der Waals surface area (Å²) in [6, 6.07) is 6.26. The number of hydrogen-bond acceptors (Lipinski definition) is 7. The standard InChI is InChI=1S/C14H15N3O4S2/c1-9-12(8-13(15)18)23-14(16-9)22-7-6-21-11-5-3-2-4-10(11)17(19)20/h2-5H,6-8H2,1H3,(H2,15,18). The lowest BCUT2D eigenvalue weighted by Crippen LogP contribution is -2.13. The van der Waals surface area contributed by atoms with Crippen LogP contribution in [-0.2, 0) is 11.2 Å². The lowest BCUT2D eigenvalue weighted by molar-refractivity contribution is -0.385. The number of thioether (sulfide) groups is 1. The van der Waals surface area contributed by atoms with E-state index in [1.165, 1.54) is 29.2 Å². The van der Waals surface area contributed by atoms with Crippen LogP contribution < -0.4 is 10.5 Å². The Hall–Kier alpha value is -2.13. The minimum Gasteiger partial charge on any atom is -0.486 e. The molecule has 0 aliphatic heterocycles. The number of thiazole rings is 1. The molecule has 0 spiro atoms. The van der Waals surface area contributed by atoms with Gasteiger partial charge in [-0.1, -0.05) is 23.9 Å². The highest BCUT2D eigenvalue weighted by atomic mass is 32.2. The zero-order valence-corrected chi connectivity index (χ0v) is 14.0. The third-order valence-corrected chi connectivity index (χ3v) is 5.10. The summed E-state index contributed by atoms with van der Waals surface area (Å²) in [7, 11) is 0. The van der Waals surface area contributed by atoms with E-state index in [1.807, 2.05) is 6.92 Å². The number of amides is 1. The summed E-state index contributed by atoms with van der Waals surface area (Å²) < 4.78 is 6.29. The number of nitro benzene ring substituents is 1. The molecule has 0 fully saturated rings. The predicted molar refractivity (Wildman–Crippen MR) is 89.1 cm³/mol. The van der Waals surface area contributed by atoms with E-state index in [1.54, 1.807) is 18.2 Å². The molecule has 2 N–H and O–H groups in total. The Kier molecular flexibility index (Phi) is 5.94. The topological polar surface area (TPSA) is 108 Å². The van der Waals surface area contributed by atoms with E-state index in [9.17, 15) is 14.9 Å². The molecule has 0 aliphatic carbocycles. The maximum Gasteiger partial charge on any atom is 0.310 e. The number of para-hydroxylation sites is 2. The number of carbonyl (C=O) groups excluding carboxylic acids is 1. The van der Waals surface area contributed by atoms with E-state index in [-0.39, 0.29) is 23.8 Å². The van der Waals surface area contributed by atoms with Gasteiger partial charge in [0, 0.05) is 16.7 Å². The van der Waals surface area contributed by atoms with Crippen LogP contribution in [0.1, 0.15) is 10.6 Å². The Bertz CT molecular complexity index is 718. The van der Waals surface area contributed by atoms with Gasteiger partial charge in [0.2, 0.25) is 5.91 Å². The number of nitro groups is 1. The quantitative estimate of drug-likeness (QED) is 0.338. The Morgan fingerprint density at radius 1 is 1.48 bits per heavy atom. The second-order valence-electron chi connectivity index (χ2n) is 4.55. The Labute approximate surface area is 141 Å². The van der Waals surface area contributed by atoms with Crippen molar-refractivity contribution in [2.75, 3.05) is 12.4 Å². The first-order valence-corrected chi connectivity index (χ1v) is 8.51. The van der Waals surface area contributed by atoms with Gasteiger partial charge in [-0.25, -0.2) is 4.98 Å². The van der Waals surface area contributed by atoms with Crippen LogP contribution in [0.4, 0.5) is 5.69 Å². The monoisotopic (exact) mass is 353 g/mol. The van der Waals surface area contributed by atoms with Crippen LogP contribution in [0.3, 0.4) is 0 Å². The fourth-order valence-electron chi connectivity index (χ4n) is 1.80. The van der Waals surface area contributed by atoms with Crippen molar-refractivity contribution in [2.45, 2.75) is 17.7 Å². The number of aromatic nitrogens is 1. The van der Waals surface area contributed by atoms with Gasteiger partial charge < -0.3 is 10.5 Å². The number of nitrogens with zero attached hydrogens (tertiary/aromatic N) is 2. The molecule has 1 aromatic carbocycles. The van der Waals surface area contributed by atoms with Gasteiger partial charge in [-0.3, -0.25) is 14.9 Å². The summed E-state index contributed by atoms with van der Waals surface area (Å²) in [5.74, 6) is 0.463. The molecule has 2 aromatic rings. The third kappa shape index (κ3) is 4.93. The largest absolute Gasteiger partial charge is 0.486 e. The molecule has 1 heterocycles. The van der Waals surface area contributed by atoms with Crippen LogP contribution in [0.25, 0.3) is 0 Å². The fraction of sp³-hybridized carbons (Fsp3) is 0.286. The lowest BCUT2D eigenvalue weighted by atomic mass is 10.3. The summed E-state index contributed by atoms with van der Waals surface area (Å²) in [4.78, 5) is 26.6. The number of benzene rings is 1. The molecule has 0 saturated carbocycles. The van der Waals surface area contributed by atoms with Crippen LogP contribution in [0.2, 0.25) is 0 Å². The Morgan fingerprint density at radius 2 is 2.22 bits per heavy atom. The molecule has 0 bridgehead atoms. The molecule has 9 heteroatoms. The smallest absolute Gasteiger partial charge is 0.310 e. The summed E-state index contributed by atoms with van der Waals surface area (Å²) in [6.45, 7) is 2.15. The highest BCUT2D eigenvalue weighted by molar-refractivity contribution is 8.01. The van der Waals surface area contributed by atoms with E-state index in [0.29, 0.717) is 12.4 Å². The molecule has 7 nitrogen and oxygen atoms in total.